The zero-order chi connectivity index (χ0) is 10.7. The van der Waals surface area contributed by atoms with Crippen LogP contribution in [-0.4, -0.2) is 10.1 Å². The quantitative estimate of drug-likeness (QED) is 0.739. The zero-order valence-corrected chi connectivity index (χ0v) is 7.81. The van der Waals surface area contributed by atoms with E-state index in [0.29, 0.717) is 11.5 Å². The molecular weight excluding hydrogens is 195 g/mol. The molecule has 0 aliphatic carbocycles. The van der Waals surface area contributed by atoms with Crippen molar-refractivity contribution in [2.45, 2.75) is 0 Å². The lowest BCUT2D eigenvalue weighted by atomic mass is 10.3. The number of hydrogen-bond donors (Lipinski definition) is 2. The Morgan fingerprint density at radius 1 is 1.13 bits per heavy atom. The molecule has 0 fully saturated rings. The van der Waals surface area contributed by atoms with E-state index in [1.54, 1.807) is 24.3 Å². The lowest BCUT2D eigenvalue weighted by Gasteiger charge is -2.06. The highest BCUT2D eigenvalue weighted by molar-refractivity contribution is 5.63. The number of hydrogen-bond acceptors (Lipinski definition) is 3. The highest BCUT2D eigenvalue weighted by atomic mass is 19.1. The Kier molecular flexibility index (Phi) is 2.49. The first-order valence-electron chi connectivity index (χ1n) is 4.42. The van der Waals surface area contributed by atoms with Gasteiger partial charge in [0.25, 0.3) is 0 Å². The molecular formula is C11H9FN2O. The highest BCUT2D eigenvalue weighted by Crippen LogP contribution is 2.24. The van der Waals surface area contributed by atoms with Gasteiger partial charge in [0.05, 0.1) is 11.9 Å². The van der Waals surface area contributed by atoms with Crippen LogP contribution in [0.25, 0.3) is 0 Å². The minimum Gasteiger partial charge on any atom is -0.506 e. The van der Waals surface area contributed by atoms with E-state index in [1.807, 2.05) is 0 Å². The zero-order valence-electron chi connectivity index (χ0n) is 7.81. The number of rotatable bonds is 2. The van der Waals surface area contributed by atoms with E-state index in [9.17, 15) is 9.50 Å². The fourth-order valence-corrected chi connectivity index (χ4v) is 1.17. The number of nitrogens with one attached hydrogen (secondary N) is 1. The molecule has 0 saturated carbocycles. The predicted octanol–water partition coefficient (Wildman–Crippen LogP) is 2.67. The number of nitrogens with zero attached hydrogens (tertiary/aromatic N) is 1. The third kappa shape index (κ3) is 2.22. The molecule has 0 saturated heterocycles. The molecule has 0 aliphatic rings. The summed E-state index contributed by atoms with van der Waals surface area (Å²) < 4.78 is 12.6. The van der Waals surface area contributed by atoms with Crippen LogP contribution in [0.5, 0.6) is 5.75 Å². The number of para-hydroxylation sites is 2. The smallest absolute Gasteiger partial charge is 0.141 e. The number of aromatic nitrogens is 1. The SMILES string of the molecule is Oc1ccccc1Nc1ccc(F)cn1. The maximum atomic E-state index is 12.6. The first-order valence-corrected chi connectivity index (χ1v) is 4.42. The average Bonchev–Trinajstić information content (AvgIpc) is 2.25. The summed E-state index contributed by atoms with van der Waals surface area (Å²) in [7, 11) is 0. The molecule has 0 radical (unpaired) electrons. The van der Waals surface area contributed by atoms with Gasteiger partial charge in [0.1, 0.15) is 17.4 Å². The maximum Gasteiger partial charge on any atom is 0.141 e. The van der Waals surface area contributed by atoms with Crippen molar-refractivity contribution in [2.24, 2.45) is 0 Å². The van der Waals surface area contributed by atoms with Gasteiger partial charge in [-0.3, -0.25) is 0 Å². The molecule has 0 amide bonds. The standard InChI is InChI=1S/C11H9FN2O/c12-8-5-6-11(13-7-8)14-9-3-1-2-4-10(9)15/h1-7,15H,(H,13,14). The summed E-state index contributed by atoms with van der Waals surface area (Å²) >= 11 is 0. The van der Waals surface area contributed by atoms with Gasteiger partial charge < -0.3 is 10.4 Å². The van der Waals surface area contributed by atoms with E-state index in [4.69, 9.17) is 0 Å². The van der Waals surface area contributed by atoms with Crippen molar-refractivity contribution >= 4 is 11.5 Å². The molecule has 0 bridgehead atoms. The topological polar surface area (TPSA) is 45.1 Å². The van der Waals surface area contributed by atoms with Crippen LogP contribution < -0.4 is 5.32 Å². The lowest BCUT2D eigenvalue weighted by molar-refractivity contribution is 0.477. The highest BCUT2D eigenvalue weighted by Gasteiger charge is 2.00. The number of halogens is 1. The summed E-state index contributed by atoms with van der Waals surface area (Å²) in [6.45, 7) is 0. The van der Waals surface area contributed by atoms with E-state index in [-0.39, 0.29) is 5.75 Å². The summed E-state index contributed by atoms with van der Waals surface area (Å²) in [5, 5.41) is 12.3. The van der Waals surface area contributed by atoms with Crippen molar-refractivity contribution in [2.75, 3.05) is 5.32 Å². The van der Waals surface area contributed by atoms with E-state index in [1.165, 1.54) is 12.1 Å². The maximum absolute atomic E-state index is 12.6. The number of benzene rings is 1. The van der Waals surface area contributed by atoms with Crippen LogP contribution in [0.15, 0.2) is 42.6 Å². The molecule has 1 aromatic carbocycles. The van der Waals surface area contributed by atoms with Crippen LogP contribution in [0.1, 0.15) is 0 Å². The molecule has 3 nitrogen and oxygen atoms in total. The third-order valence-electron chi connectivity index (χ3n) is 1.89. The van der Waals surface area contributed by atoms with Crippen molar-refractivity contribution in [3.8, 4) is 5.75 Å². The molecule has 0 atom stereocenters. The van der Waals surface area contributed by atoms with Crippen molar-refractivity contribution in [3.63, 3.8) is 0 Å². The number of phenols is 1. The lowest BCUT2D eigenvalue weighted by Crippen LogP contribution is -1.93. The van der Waals surface area contributed by atoms with Crippen molar-refractivity contribution < 1.29 is 9.50 Å². The number of pyridine rings is 1. The number of anilines is 2. The van der Waals surface area contributed by atoms with Crippen molar-refractivity contribution in [1.29, 1.82) is 0 Å². The first kappa shape index (κ1) is 9.45. The second-order valence-electron chi connectivity index (χ2n) is 3.00. The minimum atomic E-state index is -0.391. The van der Waals surface area contributed by atoms with Crippen LogP contribution >= 0.6 is 0 Å². The van der Waals surface area contributed by atoms with Gasteiger partial charge in [0.15, 0.2) is 0 Å². The molecule has 1 aromatic heterocycles. The molecule has 0 aliphatic heterocycles. The summed E-state index contributed by atoms with van der Waals surface area (Å²) in [5.74, 6) is 0.222. The third-order valence-corrected chi connectivity index (χ3v) is 1.89. The second-order valence-corrected chi connectivity index (χ2v) is 3.00. The monoisotopic (exact) mass is 204 g/mol. The summed E-state index contributed by atoms with van der Waals surface area (Å²) in [6.07, 6.45) is 1.11. The van der Waals surface area contributed by atoms with Crippen LogP contribution in [0.4, 0.5) is 15.9 Å². The fourth-order valence-electron chi connectivity index (χ4n) is 1.17. The van der Waals surface area contributed by atoms with E-state index in [0.717, 1.165) is 6.20 Å². The largest absolute Gasteiger partial charge is 0.506 e. The first-order chi connectivity index (χ1) is 7.25. The van der Waals surface area contributed by atoms with E-state index < -0.39 is 5.82 Å². The Bertz CT molecular complexity index is 456. The predicted molar refractivity (Wildman–Crippen MR) is 55.6 cm³/mol. The summed E-state index contributed by atoms with van der Waals surface area (Å²) in [5.41, 5.74) is 0.539. The Morgan fingerprint density at radius 3 is 2.60 bits per heavy atom. The fraction of sp³-hybridized carbons (Fsp3) is 0. The molecule has 2 aromatic rings. The van der Waals surface area contributed by atoms with Gasteiger partial charge in [-0.2, -0.15) is 0 Å². The normalized spacial score (nSPS) is 9.93. The average molecular weight is 204 g/mol. The number of aromatic hydroxyl groups is 1. The Labute approximate surface area is 86.2 Å². The van der Waals surface area contributed by atoms with Gasteiger partial charge in [-0.15, -0.1) is 0 Å². The molecule has 1 heterocycles. The molecule has 0 spiro atoms. The molecule has 4 heteroatoms. The van der Waals surface area contributed by atoms with Crippen molar-refractivity contribution in [3.05, 3.63) is 48.4 Å². The van der Waals surface area contributed by atoms with Gasteiger partial charge in [-0.05, 0) is 24.3 Å². The van der Waals surface area contributed by atoms with Crippen LogP contribution in [0, 0.1) is 5.82 Å². The van der Waals surface area contributed by atoms with Gasteiger partial charge >= 0.3 is 0 Å². The summed E-state index contributed by atoms with van der Waals surface area (Å²) in [6, 6.07) is 9.58. The van der Waals surface area contributed by atoms with E-state index in [2.05, 4.69) is 10.3 Å². The number of phenolic OH excluding ortho intramolecular Hbond substituents is 1. The van der Waals surface area contributed by atoms with Crippen molar-refractivity contribution in [1.82, 2.24) is 4.98 Å². The Balaban J connectivity index is 2.22. The van der Waals surface area contributed by atoms with Gasteiger partial charge in [-0.25, -0.2) is 9.37 Å². The Hall–Kier alpha value is -2.10. The molecule has 0 unspecified atom stereocenters. The minimum absolute atomic E-state index is 0.128. The van der Waals surface area contributed by atoms with Crippen LogP contribution in [0.2, 0.25) is 0 Å². The van der Waals surface area contributed by atoms with Gasteiger partial charge in [0, 0.05) is 0 Å². The molecule has 2 rings (SSSR count). The van der Waals surface area contributed by atoms with Crippen LogP contribution in [0.3, 0.4) is 0 Å². The van der Waals surface area contributed by atoms with Crippen LogP contribution in [-0.2, 0) is 0 Å². The molecule has 15 heavy (non-hydrogen) atoms. The van der Waals surface area contributed by atoms with E-state index >= 15 is 0 Å². The molecule has 76 valence electrons. The van der Waals surface area contributed by atoms with Gasteiger partial charge in [-0.1, -0.05) is 12.1 Å². The second kappa shape index (κ2) is 3.96. The Morgan fingerprint density at radius 2 is 1.93 bits per heavy atom. The molecule has 2 N–H and O–H groups in total. The van der Waals surface area contributed by atoms with Gasteiger partial charge in [0.2, 0.25) is 0 Å². The summed E-state index contributed by atoms with van der Waals surface area (Å²) in [4.78, 5) is 3.82.